The molecule has 1 amide bonds. The van der Waals surface area contributed by atoms with Gasteiger partial charge in [0.2, 0.25) is 5.91 Å². The van der Waals surface area contributed by atoms with Crippen LogP contribution in [0.2, 0.25) is 0 Å². The van der Waals surface area contributed by atoms with Gasteiger partial charge in [0.1, 0.15) is 6.17 Å². The molecule has 0 aromatic heterocycles. The summed E-state index contributed by atoms with van der Waals surface area (Å²) in [5.41, 5.74) is 1.14. The molecule has 4 nitrogen and oxygen atoms in total. The number of carbonyl (C=O) groups excluding carboxylic acids is 1. The smallest absolute Gasteiger partial charge is 0.238 e. The summed E-state index contributed by atoms with van der Waals surface area (Å²) in [5.74, 6) is 0.174. The first kappa shape index (κ1) is 15.0. The maximum atomic E-state index is 11.9. The van der Waals surface area contributed by atoms with Crippen LogP contribution in [-0.2, 0) is 9.53 Å². The average molecular weight is 276 g/mol. The van der Waals surface area contributed by atoms with Gasteiger partial charge < -0.3 is 9.64 Å². The van der Waals surface area contributed by atoms with Crippen molar-refractivity contribution in [3.63, 3.8) is 0 Å². The molecule has 1 aromatic carbocycles. The van der Waals surface area contributed by atoms with Gasteiger partial charge in [0.15, 0.2) is 0 Å². The van der Waals surface area contributed by atoms with E-state index in [1.54, 1.807) is 0 Å². The number of unbranched alkanes of at least 4 members (excludes halogenated alkanes) is 1. The maximum absolute atomic E-state index is 11.9. The summed E-state index contributed by atoms with van der Waals surface area (Å²) in [5, 5.41) is 3.27. The standard InChI is InChI=1S/C16H24N2O2/c1-2-3-11-20-12-7-10-18-15(19)13-17-16(18)14-8-5-4-6-9-14/h4-6,8-9,16-17H,2-3,7,10-13H2,1H3. The van der Waals surface area contributed by atoms with Crippen molar-refractivity contribution in [3.05, 3.63) is 35.9 Å². The third kappa shape index (κ3) is 4.05. The van der Waals surface area contributed by atoms with Crippen molar-refractivity contribution in [2.75, 3.05) is 26.3 Å². The molecule has 1 unspecified atom stereocenters. The van der Waals surface area contributed by atoms with Gasteiger partial charge >= 0.3 is 0 Å². The zero-order chi connectivity index (χ0) is 14.2. The Labute approximate surface area is 121 Å². The molecular formula is C16H24N2O2. The fourth-order valence-electron chi connectivity index (χ4n) is 2.41. The molecule has 0 spiro atoms. The Kier molecular flexibility index (Phi) is 6.02. The number of amides is 1. The van der Waals surface area contributed by atoms with Gasteiger partial charge in [0, 0.05) is 19.8 Å². The molecule has 110 valence electrons. The van der Waals surface area contributed by atoms with Crippen LogP contribution in [-0.4, -0.2) is 37.1 Å². The molecule has 1 aliphatic rings. The molecule has 1 heterocycles. The van der Waals surface area contributed by atoms with Gasteiger partial charge in [-0.05, 0) is 18.4 Å². The van der Waals surface area contributed by atoms with Crippen LogP contribution in [0.5, 0.6) is 0 Å². The van der Waals surface area contributed by atoms with Gasteiger partial charge in [-0.2, -0.15) is 0 Å². The summed E-state index contributed by atoms with van der Waals surface area (Å²) in [7, 11) is 0. The van der Waals surface area contributed by atoms with Gasteiger partial charge in [-0.15, -0.1) is 0 Å². The summed E-state index contributed by atoms with van der Waals surface area (Å²) in [6.45, 7) is 4.88. The third-order valence-corrected chi connectivity index (χ3v) is 3.52. The van der Waals surface area contributed by atoms with Gasteiger partial charge in [0.05, 0.1) is 6.54 Å². The van der Waals surface area contributed by atoms with E-state index in [1.165, 1.54) is 0 Å². The van der Waals surface area contributed by atoms with Gasteiger partial charge in [0.25, 0.3) is 0 Å². The van der Waals surface area contributed by atoms with Crippen molar-refractivity contribution in [2.45, 2.75) is 32.4 Å². The lowest BCUT2D eigenvalue weighted by Crippen LogP contribution is -2.31. The maximum Gasteiger partial charge on any atom is 0.238 e. The summed E-state index contributed by atoms with van der Waals surface area (Å²) in [4.78, 5) is 13.9. The Bertz CT molecular complexity index is 408. The molecule has 2 rings (SSSR count). The molecule has 1 N–H and O–H groups in total. The third-order valence-electron chi connectivity index (χ3n) is 3.52. The summed E-state index contributed by atoms with van der Waals surface area (Å²) >= 11 is 0. The largest absolute Gasteiger partial charge is 0.381 e. The van der Waals surface area contributed by atoms with E-state index in [0.29, 0.717) is 6.54 Å². The minimum atomic E-state index is 0.0133. The molecule has 1 saturated heterocycles. The zero-order valence-electron chi connectivity index (χ0n) is 12.2. The molecule has 0 radical (unpaired) electrons. The molecule has 1 atom stereocenters. The molecule has 20 heavy (non-hydrogen) atoms. The van der Waals surface area contributed by atoms with Crippen molar-refractivity contribution in [1.29, 1.82) is 0 Å². The van der Waals surface area contributed by atoms with Crippen LogP contribution in [0.4, 0.5) is 0 Å². The number of rotatable bonds is 8. The summed E-state index contributed by atoms with van der Waals surface area (Å²) in [6, 6.07) is 10.1. The fraction of sp³-hybridized carbons (Fsp3) is 0.562. The van der Waals surface area contributed by atoms with E-state index >= 15 is 0 Å². The predicted molar refractivity (Wildman–Crippen MR) is 79.2 cm³/mol. The Morgan fingerprint density at radius 1 is 1.25 bits per heavy atom. The first-order valence-electron chi connectivity index (χ1n) is 7.48. The van der Waals surface area contributed by atoms with Gasteiger partial charge in [-0.1, -0.05) is 43.7 Å². The highest BCUT2D eigenvalue weighted by molar-refractivity contribution is 5.80. The highest BCUT2D eigenvalue weighted by Gasteiger charge is 2.30. The minimum absolute atomic E-state index is 0.0133. The van der Waals surface area contributed by atoms with E-state index < -0.39 is 0 Å². The van der Waals surface area contributed by atoms with E-state index in [1.807, 2.05) is 23.1 Å². The van der Waals surface area contributed by atoms with Crippen LogP contribution in [0, 0.1) is 0 Å². The normalized spacial score (nSPS) is 18.8. The van der Waals surface area contributed by atoms with Crippen LogP contribution >= 0.6 is 0 Å². The van der Waals surface area contributed by atoms with Crippen molar-refractivity contribution in [1.82, 2.24) is 10.2 Å². The molecule has 1 aliphatic heterocycles. The predicted octanol–water partition coefficient (Wildman–Crippen LogP) is 2.32. The van der Waals surface area contributed by atoms with Crippen molar-refractivity contribution in [2.24, 2.45) is 0 Å². The van der Waals surface area contributed by atoms with Crippen LogP contribution in [0.15, 0.2) is 30.3 Å². The molecular weight excluding hydrogens is 252 g/mol. The first-order valence-corrected chi connectivity index (χ1v) is 7.48. The Hall–Kier alpha value is -1.39. The lowest BCUT2D eigenvalue weighted by Gasteiger charge is -2.24. The van der Waals surface area contributed by atoms with Crippen LogP contribution in [0.3, 0.4) is 0 Å². The molecule has 0 saturated carbocycles. The van der Waals surface area contributed by atoms with Crippen LogP contribution in [0.25, 0.3) is 0 Å². The average Bonchev–Trinajstić information content (AvgIpc) is 2.85. The Balaban J connectivity index is 1.80. The van der Waals surface area contributed by atoms with Gasteiger partial charge in [-0.25, -0.2) is 0 Å². The number of carbonyl (C=O) groups is 1. The van der Waals surface area contributed by atoms with Crippen LogP contribution < -0.4 is 5.32 Å². The molecule has 4 heteroatoms. The second-order valence-electron chi connectivity index (χ2n) is 5.10. The number of hydrogen-bond acceptors (Lipinski definition) is 3. The highest BCUT2D eigenvalue weighted by Crippen LogP contribution is 2.22. The second kappa shape index (κ2) is 8.02. The molecule has 0 aliphatic carbocycles. The van der Waals surface area contributed by atoms with E-state index in [-0.39, 0.29) is 12.1 Å². The fourth-order valence-corrected chi connectivity index (χ4v) is 2.41. The van der Waals surface area contributed by atoms with Crippen LogP contribution in [0.1, 0.15) is 37.9 Å². The number of nitrogens with one attached hydrogen (secondary N) is 1. The zero-order valence-corrected chi connectivity index (χ0v) is 12.2. The molecule has 0 bridgehead atoms. The lowest BCUT2D eigenvalue weighted by atomic mass is 10.1. The van der Waals surface area contributed by atoms with E-state index in [0.717, 1.165) is 44.6 Å². The molecule has 1 fully saturated rings. The van der Waals surface area contributed by atoms with Crippen molar-refractivity contribution < 1.29 is 9.53 Å². The van der Waals surface area contributed by atoms with E-state index in [9.17, 15) is 4.79 Å². The number of benzene rings is 1. The SMILES string of the molecule is CCCCOCCCN1C(=O)CNC1c1ccccc1. The molecule has 1 aromatic rings. The van der Waals surface area contributed by atoms with Crippen molar-refractivity contribution in [3.8, 4) is 0 Å². The van der Waals surface area contributed by atoms with Crippen molar-refractivity contribution >= 4 is 5.91 Å². The topological polar surface area (TPSA) is 41.6 Å². The number of hydrogen-bond donors (Lipinski definition) is 1. The number of ether oxygens (including phenoxy) is 1. The second-order valence-corrected chi connectivity index (χ2v) is 5.10. The Morgan fingerprint density at radius 2 is 2.00 bits per heavy atom. The monoisotopic (exact) mass is 276 g/mol. The highest BCUT2D eigenvalue weighted by atomic mass is 16.5. The quantitative estimate of drug-likeness (QED) is 0.741. The lowest BCUT2D eigenvalue weighted by molar-refractivity contribution is -0.128. The van der Waals surface area contributed by atoms with Gasteiger partial charge in [-0.3, -0.25) is 10.1 Å². The minimum Gasteiger partial charge on any atom is -0.381 e. The number of nitrogens with zero attached hydrogens (tertiary/aromatic N) is 1. The summed E-state index contributed by atoms with van der Waals surface area (Å²) in [6.07, 6.45) is 3.17. The summed E-state index contributed by atoms with van der Waals surface area (Å²) < 4.78 is 5.55. The van der Waals surface area contributed by atoms with E-state index in [2.05, 4.69) is 24.4 Å². The first-order chi connectivity index (χ1) is 9.83. The van der Waals surface area contributed by atoms with E-state index in [4.69, 9.17) is 4.74 Å². The Morgan fingerprint density at radius 3 is 2.75 bits per heavy atom.